The summed E-state index contributed by atoms with van der Waals surface area (Å²) in [5.41, 5.74) is 5.88. The van der Waals surface area contributed by atoms with E-state index in [1.807, 2.05) is 42.5 Å². The molecule has 3 aromatic carbocycles. The van der Waals surface area contributed by atoms with Gasteiger partial charge in [-0.05, 0) is 45.6 Å². The van der Waals surface area contributed by atoms with Gasteiger partial charge in [0, 0.05) is 68.7 Å². The number of rotatable bonds is 6. The number of pyridine rings is 1. The largest absolute Gasteiger partial charge is 0.509 e. The summed E-state index contributed by atoms with van der Waals surface area (Å²) in [4.78, 5) is 8.76. The van der Waals surface area contributed by atoms with Crippen LogP contribution in [0.3, 0.4) is 0 Å². The van der Waals surface area contributed by atoms with Crippen LogP contribution in [0.15, 0.2) is 85.3 Å². The molecule has 45 heavy (non-hydrogen) atoms. The number of hydrogen-bond acceptors (Lipinski definition) is 5. The molecule has 0 aliphatic carbocycles. The van der Waals surface area contributed by atoms with Gasteiger partial charge >= 0.3 is 0 Å². The first-order chi connectivity index (χ1) is 20.1. The first-order valence-electron chi connectivity index (χ1n) is 14.9. The zero-order valence-electron chi connectivity index (χ0n) is 28.3. The number of hydrogen-bond donors (Lipinski definition) is 0. The van der Waals surface area contributed by atoms with Gasteiger partial charge in [0.15, 0.2) is 0 Å². The van der Waals surface area contributed by atoms with Crippen molar-refractivity contribution in [2.75, 3.05) is 16.5 Å². The first kappa shape index (κ1) is 35.9. The summed E-state index contributed by atoms with van der Waals surface area (Å²) in [6, 6.07) is 29.3. The maximum absolute atomic E-state index is 6.33. The molecular weight excluding hydrogens is 738 g/mol. The molecule has 5 nitrogen and oxygen atoms in total. The molecule has 1 aromatic heterocycles. The molecule has 2 heterocycles. The van der Waals surface area contributed by atoms with Gasteiger partial charge in [0.2, 0.25) is 5.88 Å². The van der Waals surface area contributed by atoms with Crippen molar-refractivity contribution in [2.45, 2.75) is 78.6 Å². The van der Waals surface area contributed by atoms with Gasteiger partial charge in [-0.3, -0.25) is 0 Å². The SMILES string of the molecule is CC(C)(C)c1cc(Oc2[c-]c(N3C=CN(c4cc(C(C)(C)C)cc(C(C)(C)C)c4)C3)ccc2)[c-]c(Oc2ccccn2)c1.[CH3-].[Pt]. The predicted octanol–water partition coefficient (Wildman–Crippen LogP) is 10.4. The van der Waals surface area contributed by atoms with E-state index in [1.54, 1.807) is 6.20 Å². The molecule has 0 unspecified atom stereocenters. The number of ether oxygens (including phenoxy) is 2. The maximum Gasteiger partial charge on any atom is 0.216 e. The molecule has 0 saturated heterocycles. The van der Waals surface area contributed by atoms with Crippen molar-refractivity contribution >= 4 is 11.4 Å². The van der Waals surface area contributed by atoms with Gasteiger partial charge in [0.05, 0.1) is 6.67 Å². The van der Waals surface area contributed by atoms with Gasteiger partial charge in [-0.2, -0.15) is 6.07 Å². The molecule has 0 spiro atoms. The van der Waals surface area contributed by atoms with Crippen LogP contribution in [-0.2, 0) is 37.3 Å². The second kappa shape index (κ2) is 13.8. The summed E-state index contributed by atoms with van der Waals surface area (Å²) in [7, 11) is 0. The van der Waals surface area contributed by atoms with Crippen molar-refractivity contribution < 1.29 is 30.5 Å². The van der Waals surface area contributed by atoms with E-state index in [0.717, 1.165) is 11.3 Å². The maximum atomic E-state index is 6.33. The third kappa shape index (κ3) is 9.01. The molecule has 0 N–H and O–H groups in total. The van der Waals surface area contributed by atoms with E-state index in [2.05, 4.69) is 126 Å². The fourth-order valence-corrected chi connectivity index (χ4v) is 4.75. The molecule has 0 radical (unpaired) electrons. The van der Waals surface area contributed by atoms with Gasteiger partial charge < -0.3 is 26.7 Å². The predicted molar refractivity (Wildman–Crippen MR) is 183 cm³/mol. The van der Waals surface area contributed by atoms with Gasteiger partial charge in [-0.15, -0.1) is 35.9 Å². The van der Waals surface area contributed by atoms with Crippen LogP contribution in [0.5, 0.6) is 23.1 Å². The molecule has 0 fully saturated rings. The Morgan fingerprint density at radius 2 is 1.20 bits per heavy atom. The third-order valence-corrected chi connectivity index (χ3v) is 7.53. The van der Waals surface area contributed by atoms with Crippen LogP contribution in [0.25, 0.3) is 0 Å². The summed E-state index contributed by atoms with van der Waals surface area (Å²) < 4.78 is 12.4. The van der Waals surface area contributed by atoms with Crippen molar-refractivity contribution in [1.29, 1.82) is 0 Å². The Morgan fingerprint density at radius 1 is 0.622 bits per heavy atom. The Balaban J connectivity index is 0.00000276. The van der Waals surface area contributed by atoms with Crippen molar-refractivity contribution in [3.63, 3.8) is 0 Å². The van der Waals surface area contributed by atoms with E-state index in [4.69, 9.17) is 9.47 Å². The fourth-order valence-electron chi connectivity index (χ4n) is 4.75. The van der Waals surface area contributed by atoms with E-state index in [1.165, 1.54) is 16.8 Å². The monoisotopic (exact) mass is 783 g/mol. The van der Waals surface area contributed by atoms with Crippen LogP contribution in [0, 0.1) is 19.6 Å². The molecule has 1 aliphatic heterocycles. The Kier molecular flexibility index (Phi) is 11.0. The Labute approximate surface area is 285 Å². The van der Waals surface area contributed by atoms with Crippen LogP contribution in [0.4, 0.5) is 11.4 Å². The third-order valence-electron chi connectivity index (χ3n) is 7.53. The van der Waals surface area contributed by atoms with E-state index >= 15 is 0 Å². The van der Waals surface area contributed by atoms with Crippen LogP contribution in [-0.4, -0.2) is 11.7 Å². The van der Waals surface area contributed by atoms with E-state index in [9.17, 15) is 0 Å². The fraction of sp³-hybridized carbons (Fsp3) is 0.333. The second-order valence-electron chi connectivity index (χ2n) is 14.3. The van der Waals surface area contributed by atoms with Crippen LogP contribution in [0.2, 0.25) is 0 Å². The molecule has 6 heteroatoms. The molecule has 242 valence electrons. The molecule has 1 aliphatic rings. The van der Waals surface area contributed by atoms with E-state index in [0.29, 0.717) is 29.8 Å². The molecule has 0 saturated carbocycles. The average Bonchev–Trinajstić information content (AvgIpc) is 3.43. The zero-order valence-corrected chi connectivity index (χ0v) is 30.5. The molecular formula is C39H46N3O2Pt-3. The summed E-state index contributed by atoms with van der Waals surface area (Å²) in [5, 5.41) is 0. The van der Waals surface area contributed by atoms with Crippen molar-refractivity contribution in [2.24, 2.45) is 0 Å². The van der Waals surface area contributed by atoms with Crippen molar-refractivity contribution in [1.82, 2.24) is 4.98 Å². The van der Waals surface area contributed by atoms with Gasteiger partial charge in [-0.1, -0.05) is 86.2 Å². The normalized spacial score (nSPS) is 13.3. The Morgan fingerprint density at radius 3 is 1.78 bits per heavy atom. The summed E-state index contributed by atoms with van der Waals surface area (Å²) in [5.74, 6) is 2.25. The molecule has 4 aromatic rings. The van der Waals surface area contributed by atoms with Gasteiger partial charge in [0.25, 0.3) is 0 Å². The number of anilines is 2. The van der Waals surface area contributed by atoms with Crippen LogP contribution < -0.4 is 19.3 Å². The molecule has 0 bridgehead atoms. The average molecular weight is 784 g/mol. The summed E-state index contributed by atoms with van der Waals surface area (Å²) in [6.07, 6.45) is 5.94. The van der Waals surface area contributed by atoms with Crippen LogP contribution >= 0.6 is 0 Å². The van der Waals surface area contributed by atoms with Crippen molar-refractivity contribution in [3.8, 4) is 23.1 Å². The minimum atomic E-state index is -0.109. The summed E-state index contributed by atoms with van der Waals surface area (Å²) in [6.45, 7) is 20.8. The van der Waals surface area contributed by atoms with E-state index in [-0.39, 0.29) is 44.7 Å². The quantitative estimate of drug-likeness (QED) is 0.182. The van der Waals surface area contributed by atoms with Crippen LogP contribution in [0.1, 0.15) is 79.0 Å². The molecule has 5 rings (SSSR count). The minimum Gasteiger partial charge on any atom is -0.509 e. The van der Waals surface area contributed by atoms with Crippen molar-refractivity contribution in [3.05, 3.63) is 122 Å². The zero-order chi connectivity index (χ0) is 31.0. The number of benzene rings is 3. The Bertz CT molecular complexity index is 1580. The molecule has 0 amide bonds. The van der Waals surface area contributed by atoms with Gasteiger partial charge in [0.1, 0.15) is 0 Å². The minimum absolute atomic E-state index is 0. The standard InChI is InChI=1S/C38H43N3O2.CH3.Pt/c1-36(2,3)27-19-28(37(4,5)6)21-31(20-27)41-18-17-40(26-41)30-13-12-14-32(24-30)42-33-22-29(38(7,8)9)23-34(25-33)43-35-15-10-11-16-39-35;;/h10-23H,26H2,1-9H3;1H3;/q-2;-1;. The number of nitrogens with zero attached hydrogens (tertiary/aromatic N) is 3. The second-order valence-corrected chi connectivity index (χ2v) is 14.3. The summed E-state index contributed by atoms with van der Waals surface area (Å²) >= 11 is 0. The Hall–Kier alpha value is -3.56. The topological polar surface area (TPSA) is 37.8 Å². The first-order valence-corrected chi connectivity index (χ1v) is 14.9. The molecule has 0 atom stereocenters. The smallest absolute Gasteiger partial charge is 0.216 e. The number of aromatic nitrogens is 1. The van der Waals surface area contributed by atoms with Gasteiger partial charge in [-0.25, -0.2) is 4.98 Å². The van der Waals surface area contributed by atoms with E-state index < -0.39 is 0 Å².